The van der Waals surface area contributed by atoms with E-state index >= 15 is 0 Å². The fourth-order valence-corrected chi connectivity index (χ4v) is 2.02. The van der Waals surface area contributed by atoms with Crippen LogP contribution in [-0.4, -0.2) is 30.4 Å². The maximum atomic E-state index is 4.48. The van der Waals surface area contributed by atoms with E-state index in [9.17, 15) is 0 Å². The van der Waals surface area contributed by atoms with Crippen molar-refractivity contribution in [1.29, 1.82) is 0 Å². The summed E-state index contributed by atoms with van der Waals surface area (Å²) in [6, 6.07) is 7.91. The number of aryl methyl sites for hydroxylation is 2. The lowest BCUT2D eigenvalue weighted by molar-refractivity contribution is 0.946. The standard InChI is InChI=1S/C14H16N6/c1-3-11-15-13(19-17-11)9-7-5-6-8-10(9)14-16-12(4-2)18-20-14/h5-8H,3-4H2,1-2H3,(H,15,17,19)(H,16,18,20). The number of hydrogen-bond acceptors (Lipinski definition) is 4. The average Bonchev–Trinajstić information content (AvgIpc) is 3.16. The smallest absolute Gasteiger partial charge is 0.181 e. The van der Waals surface area contributed by atoms with Crippen LogP contribution in [0, 0.1) is 0 Å². The number of benzene rings is 1. The Labute approximate surface area is 116 Å². The summed E-state index contributed by atoms with van der Waals surface area (Å²) in [6.07, 6.45) is 1.66. The van der Waals surface area contributed by atoms with E-state index in [1.165, 1.54) is 0 Å². The highest BCUT2D eigenvalue weighted by Crippen LogP contribution is 2.27. The molecule has 0 aliphatic carbocycles. The van der Waals surface area contributed by atoms with E-state index in [1.54, 1.807) is 0 Å². The molecule has 0 saturated carbocycles. The Bertz CT molecular complexity index is 651. The van der Waals surface area contributed by atoms with Crippen molar-refractivity contribution >= 4 is 0 Å². The molecule has 3 aromatic rings. The van der Waals surface area contributed by atoms with Gasteiger partial charge in [-0.05, 0) is 0 Å². The molecule has 0 radical (unpaired) electrons. The zero-order valence-corrected chi connectivity index (χ0v) is 11.5. The van der Waals surface area contributed by atoms with Crippen LogP contribution in [-0.2, 0) is 12.8 Å². The molecule has 2 heterocycles. The molecule has 102 valence electrons. The molecule has 2 aromatic heterocycles. The summed E-state index contributed by atoms with van der Waals surface area (Å²) in [4.78, 5) is 8.96. The number of H-pyrrole nitrogens is 2. The fraction of sp³-hybridized carbons (Fsp3) is 0.286. The quantitative estimate of drug-likeness (QED) is 0.761. The lowest BCUT2D eigenvalue weighted by Gasteiger charge is -2.01. The van der Waals surface area contributed by atoms with E-state index in [0.29, 0.717) is 11.6 Å². The van der Waals surface area contributed by atoms with Crippen LogP contribution in [0.1, 0.15) is 25.5 Å². The van der Waals surface area contributed by atoms with Crippen molar-refractivity contribution < 1.29 is 0 Å². The molecule has 2 N–H and O–H groups in total. The van der Waals surface area contributed by atoms with Gasteiger partial charge in [-0.2, -0.15) is 10.2 Å². The summed E-state index contributed by atoms with van der Waals surface area (Å²) in [7, 11) is 0. The van der Waals surface area contributed by atoms with Gasteiger partial charge in [-0.3, -0.25) is 10.2 Å². The minimum Gasteiger partial charge on any atom is -0.263 e. The topological polar surface area (TPSA) is 83.1 Å². The van der Waals surface area contributed by atoms with Gasteiger partial charge in [0.2, 0.25) is 0 Å². The predicted molar refractivity (Wildman–Crippen MR) is 76.0 cm³/mol. The van der Waals surface area contributed by atoms with Gasteiger partial charge in [0, 0.05) is 24.0 Å². The van der Waals surface area contributed by atoms with Crippen LogP contribution in [0.2, 0.25) is 0 Å². The highest BCUT2D eigenvalue weighted by Gasteiger charge is 2.14. The van der Waals surface area contributed by atoms with Crippen LogP contribution < -0.4 is 0 Å². The lowest BCUT2D eigenvalue weighted by Crippen LogP contribution is -1.89. The monoisotopic (exact) mass is 268 g/mol. The van der Waals surface area contributed by atoms with E-state index in [4.69, 9.17) is 0 Å². The molecule has 20 heavy (non-hydrogen) atoms. The van der Waals surface area contributed by atoms with Gasteiger partial charge in [-0.15, -0.1) is 0 Å². The third-order valence-electron chi connectivity index (χ3n) is 3.14. The number of hydrogen-bond donors (Lipinski definition) is 2. The van der Waals surface area contributed by atoms with Crippen molar-refractivity contribution in [3.63, 3.8) is 0 Å². The van der Waals surface area contributed by atoms with Crippen LogP contribution >= 0.6 is 0 Å². The summed E-state index contributed by atoms with van der Waals surface area (Å²) in [5, 5.41) is 14.4. The molecule has 6 nitrogen and oxygen atoms in total. The van der Waals surface area contributed by atoms with Crippen molar-refractivity contribution in [2.24, 2.45) is 0 Å². The molecule has 0 atom stereocenters. The van der Waals surface area contributed by atoms with E-state index in [2.05, 4.69) is 30.4 Å². The Hall–Kier alpha value is -2.50. The Morgan fingerprint density at radius 3 is 1.60 bits per heavy atom. The van der Waals surface area contributed by atoms with E-state index in [0.717, 1.165) is 35.6 Å². The van der Waals surface area contributed by atoms with Crippen molar-refractivity contribution in [2.75, 3.05) is 0 Å². The number of aromatic nitrogens is 6. The summed E-state index contributed by atoms with van der Waals surface area (Å²) >= 11 is 0. The first-order chi connectivity index (χ1) is 9.81. The molecule has 0 saturated heterocycles. The van der Waals surface area contributed by atoms with Crippen LogP contribution in [0.5, 0.6) is 0 Å². The number of nitrogens with zero attached hydrogens (tertiary/aromatic N) is 4. The Morgan fingerprint density at radius 1 is 0.800 bits per heavy atom. The SMILES string of the molecule is CCc1nc(-c2ccccc2-c2n[nH]c(CC)n2)n[nH]1. The van der Waals surface area contributed by atoms with Gasteiger partial charge >= 0.3 is 0 Å². The van der Waals surface area contributed by atoms with Gasteiger partial charge < -0.3 is 0 Å². The van der Waals surface area contributed by atoms with E-state index in [1.807, 2.05) is 38.1 Å². The minimum atomic E-state index is 0.681. The second-order valence-corrected chi connectivity index (χ2v) is 4.46. The second-order valence-electron chi connectivity index (χ2n) is 4.46. The van der Waals surface area contributed by atoms with Crippen molar-refractivity contribution in [2.45, 2.75) is 26.7 Å². The lowest BCUT2D eigenvalue weighted by atomic mass is 10.1. The highest BCUT2D eigenvalue weighted by atomic mass is 15.2. The van der Waals surface area contributed by atoms with Gasteiger partial charge in [0.25, 0.3) is 0 Å². The molecule has 0 spiro atoms. The van der Waals surface area contributed by atoms with Crippen molar-refractivity contribution in [1.82, 2.24) is 30.4 Å². The van der Waals surface area contributed by atoms with Crippen molar-refractivity contribution in [3.8, 4) is 22.8 Å². The molecule has 0 unspecified atom stereocenters. The average molecular weight is 268 g/mol. The molecule has 3 rings (SSSR count). The first-order valence-electron chi connectivity index (χ1n) is 6.74. The fourth-order valence-electron chi connectivity index (χ4n) is 2.02. The van der Waals surface area contributed by atoms with Crippen LogP contribution in [0.15, 0.2) is 24.3 Å². The predicted octanol–water partition coefficient (Wildman–Crippen LogP) is 2.38. The summed E-state index contributed by atoms with van der Waals surface area (Å²) in [5.74, 6) is 3.11. The number of rotatable bonds is 4. The van der Waals surface area contributed by atoms with E-state index in [-0.39, 0.29) is 0 Å². The molecule has 6 heteroatoms. The van der Waals surface area contributed by atoms with Gasteiger partial charge in [0.05, 0.1) is 0 Å². The van der Waals surface area contributed by atoms with Crippen LogP contribution in [0.3, 0.4) is 0 Å². The molecule has 0 bridgehead atoms. The third-order valence-corrected chi connectivity index (χ3v) is 3.14. The number of aromatic amines is 2. The van der Waals surface area contributed by atoms with Crippen LogP contribution in [0.25, 0.3) is 22.8 Å². The molecular formula is C14H16N6. The zero-order valence-electron chi connectivity index (χ0n) is 11.5. The Kier molecular flexibility index (Phi) is 3.28. The Balaban J connectivity index is 2.07. The molecule has 1 aromatic carbocycles. The first-order valence-corrected chi connectivity index (χ1v) is 6.74. The summed E-state index contributed by atoms with van der Waals surface area (Å²) in [5.41, 5.74) is 1.87. The second kappa shape index (κ2) is 5.24. The van der Waals surface area contributed by atoms with Crippen LogP contribution in [0.4, 0.5) is 0 Å². The largest absolute Gasteiger partial charge is 0.263 e. The zero-order chi connectivity index (χ0) is 13.9. The maximum Gasteiger partial charge on any atom is 0.181 e. The Morgan fingerprint density at radius 2 is 1.25 bits per heavy atom. The van der Waals surface area contributed by atoms with Gasteiger partial charge in [0.1, 0.15) is 11.6 Å². The minimum absolute atomic E-state index is 0.681. The van der Waals surface area contributed by atoms with Gasteiger partial charge in [-0.25, -0.2) is 9.97 Å². The van der Waals surface area contributed by atoms with Gasteiger partial charge in [-0.1, -0.05) is 38.1 Å². The molecular weight excluding hydrogens is 252 g/mol. The molecule has 0 fully saturated rings. The van der Waals surface area contributed by atoms with Crippen molar-refractivity contribution in [3.05, 3.63) is 35.9 Å². The van der Waals surface area contributed by atoms with Gasteiger partial charge in [0.15, 0.2) is 11.6 Å². The molecule has 0 amide bonds. The first kappa shape index (κ1) is 12.5. The third kappa shape index (κ3) is 2.20. The normalized spacial score (nSPS) is 10.9. The maximum absolute atomic E-state index is 4.48. The molecule has 0 aliphatic rings. The highest BCUT2D eigenvalue weighted by molar-refractivity contribution is 5.76. The van der Waals surface area contributed by atoms with E-state index < -0.39 is 0 Å². The number of nitrogens with one attached hydrogen (secondary N) is 2. The summed E-state index contributed by atoms with van der Waals surface area (Å²) < 4.78 is 0. The molecule has 0 aliphatic heterocycles. The summed E-state index contributed by atoms with van der Waals surface area (Å²) in [6.45, 7) is 4.08.